The molecular formula is C11H11FN4O. The standard InChI is InChI=1S/C11H11FN4O/c1-6-15-2-3-16(6)10-4-7(11(14)17)9(13)5-8(10)12/h2-5H,13H2,1H3,(H2,14,17). The molecule has 0 atom stereocenters. The zero-order chi connectivity index (χ0) is 12.6. The number of anilines is 1. The van der Waals surface area contributed by atoms with Crippen LogP contribution in [0.25, 0.3) is 5.69 Å². The van der Waals surface area contributed by atoms with Crippen LogP contribution >= 0.6 is 0 Å². The normalized spacial score (nSPS) is 10.5. The molecule has 0 saturated carbocycles. The van der Waals surface area contributed by atoms with Gasteiger partial charge in [-0.2, -0.15) is 0 Å². The van der Waals surface area contributed by atoms with Gasteiger partial charge in [0.1, 0.15) is 11.6 Å². The molecule has 0 aliphatic heterocycles. The number of aromatic nitrogens is 2. The molecule has 0 saturated heterocycles. The van der Waals surface area contributed by atoms with Gasteiger partial charge in [-0.05, 0) is 19.1 Å². The highest BCUT2D eigenvalue weighted by molar-refractivity contribution is 5.98. The number of nitrogens with zero attached hydrogens (tertiary/aromatic N) is 2. The van der Waals surface area contributed by atoms with Crippen molar-refractivity contribution in [1.82, 2.24) is 9.55 Å². The van der Waals surface area contributed by atoms with Crippen molar-refractivity contribution in [2.45, 2.75) is 6.92 Å². The third kappa shape index (κ3) is 1.84. The molecular weight excluding hydrogens is 223 g/mol. The van der Waals surface area contributed by atoms with Crippen molar-refractivity contribution in [3.8, 4) is 5.69 Å². The highest BCUT2D eigenvalue weighted by Gasteiger charge is 2.14. The zero-order valence-corrected chi connectivity index (χ0v) is 9.14. The van der Waals surface area contributed by atoms with Gasteiger partial charge >= 0.3 is 0 Å². The van der Waals surface area contributed by atoms with Crippen molar-refractivity contribution >= 4 is 11.6 Å². The Balaban J connectivity index is 2.67. The smallest absolute Gasteiger partial charge is 0.250 e. The maximum Gasteiger partial charge on any atom is 0.250 e. The van der Waals surface area contributed by atoms with E-state index >= 15 is 0 Å². The first-order chi connectivity index (χ1) is 8.00. The fourth-order valence-electron chi connectivity index (χ4n) is 1.61. The summed E-state index contributed by atoms with van der Waals surface area (Å²) in [6, 6.07) is 2.40. The van der Waals surface area contributed by atoms with Gasteiger partial charge in [-0.1, -0.05) is 0 Å². The molecule has 0 fully saturated rings. The number of nitrogen functional groups attached to an aromatic ring is 1. The Morgan fingerprint density at radius 3 is 2.71 bits per heavy atom. The van der Waals surface area contributed by atoms with Crippen LogP contribution in [0.5, 0.6) is 0 Å². The van der Waals surface area contributed by atoms with Crippen LogP contribution in [0.3, 0.4) is 0 Å². The Bertz CT molecular complexity index is 591. The Kier molecular flexibility index (Phi) is 2.55. The van der Waals surface area contributed by atoms with Crippen molar-refractivity contribution in [3.63, 3.8) is 0 Å². The molecule has 5 nitrogen and oxygen atoms in total. The molecule has 4 N–H and O–H groups in total. The number of aryl methyl sites for hydroxylation is 1. The quantitative estimate of drug-likeness (QED) is 0.760. The summed E-state index contributed by atoms with van der Waals surface area (Å²) in [5, 5.41) is 0. The van der Waals surface area contributed by atoms with Gasteiger partial charge in [0.15, 0.2) is 0 Å². The summed E-state index contributed by atoms with van der Waals surface area (Å²) in [4.78, 5) is 15.1. The molecule has 1 amide bonds. The lowest BCUT2D eigenvalue weighted by Crippen LogP contribution is -2.15. The SMILES string of the molecule is Cc1nccn1-c1cc(C(N)=O)c(N)cc1F. The largest absolute Gasteiger partial charge is 0.398 e. The van der Waals surface area contributed by atoms with Gasteiger partial charge in [0.05, 0.1) is 11.3 Å². The number of primary amides is 1. The Morgan fingerprint density at radius 2 is 2.18 bits per heavy atom. The molecule has 0 spiro atoms. The molecule has 0 radical (unpaired) electrons. The van der Waals surface area contributed by atoms with Crippen LogP contribution in [0, 0.1) is 12.7 Å². The van der Waals surface area contributed by atoms with Crippen LogP contribution in [0.1, 0.15) is 16.2 Å². The Hall–Kier alpha value is -2.37. The maximum absolute atomic E-state index is 13.8. The van der Waals surface area contributed by atoms with E-state index in [2.05, 4.69) is 4.98 Å². The van der Waals surface area contributed by atoms with Crippen LogP contribution in [-0.2, 0) is 0 Å². The molecule has 2 aromatic rings. The first-order valence-corrected chi connectivity index (χ1v) is 4.90. The molecule has 17 heavy (non-hydrogen) atoms. The summed E-state index contributed by atoms with van der Waals surface area (Å²) in [7, 11) is 0. The lowest BCUT2D eigenvalue weighted by Gasteiger charge is -2.10. The highest BCUT2D eigenvalue weighted by Crippen LogP contribution is 2.21. The summed E-state index contributed by atoms with van der Waals surface area (Å²) in [6.45, 7) is 1.72. The molecule has 0 aliphatic carbocycles. The van der Waals surface area contributed by atoms with Gasteiger partial charge in [0.2, 0.25) is 0 Å². The first-order valence-electron chi connectivity index (χ1n) is 4.90. The van der Waals surface area contributed by atoms with E-state index in [1.165, 1.54) is 16.8 Å². The van der Waals surface area contributed by atoms with E-state index < -0.39 is 11.7 Å². The van der Waals surface area contributed by atoms with Crippen molar-refractivity contribution < 1.29 is 9.18 Å². The van der Waals surface area contributed by atoms with Gasteiger partial charge in [0, 0.05) is 18.1 Å². The molecule has 0 unspecified atom stereocenters. The molecule has 0 aliphatic rings. The second-order valence-electron chi connectivity index (χ2n) is 3.60. The first kappa shape index (κ1) is 11.1. The summed E-state index contributed by atoms with van der Waals surface area (Å²) >= 11 is 0. The van der Waals surface area contributed by atoms with E-state index in [1.807, 2.05) is 0 Å². The van der Waals surface area contributed by atoms with Crippen LogP contribution in [-0.4, -0.2) is 15.5 Å². The number of rotatable bonds is 2. The number of benzene rings is 1. The van der Waals surface area contributed by atoms with E-state index in [9.17, 15) is 9.18 Å². The fourth-order valence-corrected chi connectivity index (χ4v) is 1.61. The van der Waals surface area contributed by atoms with Crippen LogP contribution in [0.2, 0.25) is 0 Å². The predicted molar refractivity (Wildman–Crippen MR) is 61.2 cm³/mol. The monoisotopic (exact) mass is 234 g/mol. The Morgan fingerprint density at radius 1 is 1.47 bits per heavy atom. The number of halogens is 1. The Labute approximate surface area is 96.9 Å². The summed E-state index contributed by atoms with van der Waals surface area (Å²) < 4.78 is 15.3. The molecule has 88 valence electrons. The second kappa shape index (κ2) is 3.89. The van der Waals surface area contributed by atoms with Crippen molar-refractivity contribution in [2.75, 3.05) is 5.73 Å². The summed E-state index contributed by atoms with van der Waals surface area (Å²) in [5.74, 6) is -0.626. The van der Waals surface area contributed by atoms with Crippen LogP contribution < -0.4 is 11.5 Å². The third-order valence-corrected chi connectivity index (χ3v) is 2.47. The lowest BCUT2D eigenvalue weighted by atomic mass is 10.1. The predicted octanol–water partition coefficient (Wildman–Crippen LogP) is 1.00. The van der Waals surface area contributed by atoms with E-state index in [0.29, 0.717) is 5.82 Å². The van der Waals surface area contributed by atoms with Gasteiger partial charge in [0.25, 0.3) is 5.91 Å². The number of carbonyl (C=O) groups is 1. The van der Waals surface area contributed by atoms with Crippen molar-refractivity contribution in [2.24, 2.45) is 5.73 Å². The van der Waals surface area contributed by atoms with E-state index in [4.69, 9.17) is 11.5 Å². The number of amides is 1. The third-order valence-electron chi connectivity index (χ3n) is 2.47. The average molecular weight is 234 g/mol. The van der Waals surface area contributed by atoms with E-state index in [1.54, 1.807) is 13.1 Å². The zero-order valence-electron chi connectivity index (χ0n) is 9.14. The lowest BCUT2D eigenvalue weighted by molar-refractivity contribution is 0.100. The van der Waals surface area contributed by atoms with Crippen molar-refractivity contribution in [3.05, 3.63) is 41.7 Å². The van der Waals surface area contributed by atoms with Gasteiger partial charge in [-0.25, -0.2) is 9.37 Å². The minimum absolute atomic E-state index is 0.0246. The minimum Gasteiger partial charge on any atom is -0.398 e. The molecule has 1 aromatic carbocycles. The van der Waals surface area contributed by atoms with Crippen LogP contribution in [0.15, 0.2) is 24.5 Å². The number of carbonyl (C=O) groups excluding carboxylic acids is 1. The molecule has 1 heterocycles. The highest BCUT2D eigenvalue weighted by atomic mass is 19.1. The fraction of sp³-hybridized carbons (Fsp3) is 0.0909. The number of nitrogens with two attached hydrogens (primary N) is 2. The average Bonchev–Trinajstić information content (AvgIpc) is 2.64. The molecule has 6 heteroatoms. The van der Waals surface area contributed by atoms with Crippen LogP contribution in [0.4, 0.5) is 10.1 Å². The van der Waals surface area contributed by atoms with Crippen molar-refractivity contribution in [1.29, 1.82) is 0 Å². The molecule has 0 bridgehead atoms. The summed E-state index contributed by atoms with van der Waals surface area (Å²) in [5.41, 5.74) is 11.0. The topological polar surface area (TPSA) is 86.9 Å². The molecule has 2 rings (SSSR count). The number of imidazole rings is 1. The second-order valence-corrected chi connectivity index (χ2v) is 3.60. The van der Waals surface area contributed by atoms with E-state index in [0.717, 1.165) is 6.07 Å². The van der Waals surface area contributed by atoms with E-state index in [-0.39, 0.29) is 16.9 Å². The maximum atomic E-state index is 13.8. The number of hydrogen-bond donors (Lipinski definition) is 2. The molecule has 1 aromatic heterocycles. The minimum atomic E-state index is -0.693. The number of hydrogen-bond acceptors (Lipinski definition) is 3. The van der Waals surface area contributed by atoms with Gasteiger partial charge < -0.3 is 16.0 Å². The van der Waals surface area contributed by atoms with Gasteiger partial charge in [-0.3, -0.25) is 4.79 Å². The van der Waals surface area contributed by atoms with Gasteiger partial charge in [-0.15, -0.1) is 0 Å². The summed E-state index contributed by atoms with van der Waals surface area (Å²) in [6.07, 6.45) is 3.13.